The number of carbonyl (C=O) groups is 1. The summed E-state index contributed by atoms with van der Waals surface area (Å²) >= 11 is 0. The van der Waals surface area contributed by atoms with Crippen LogP contribution >= 0.6 is 0 Å². The zero-order valence-corrected chi connectivity index (χ0v) is 12.1. The van der Waals surface area contributed by atoms with Gasteiger partial charge in [-0.25, -0.2) is 0 Å². The molecule has 0 bridgehead atoms. The SMILES string of the molecule is CC(C)C(CN)C(=O)NCCc1c[nH]c2ccccc12. The summed E-state index contributed by atoms with van der Waals surface area (Å²) in [5, 5.41) is 4.21. The molecular weight excluding hydrogens is 250 g/mol. The molecule has 108 valence electrons. The maximum Gasteiger partial charge on any atom is 0.224 e. The first-order valence-electron chi connectivity index (χ1n) is 7.16. The highest BCUT2D eigenvalue weighted by atomic mass is 16.1. The smallest absolute Gasteiger partial charge is 0.224 e. The number of H-pyrrole nitrogens is 1. The second-order valence-electron chi connectivity index (χ2n) is 5.49. The lowest BCUT2D eigenvalue weighted by Crippen LogP contribution is -2.38. The highest BCUT2D eigenvalue weighted by molar-refractivity contribution is 5.83. The van der Waals surface area contributed by atoms with Crippen molar-refractivity contribution in [2.75, 3.05) is 13.1 Å². The zero-order valence-electron chi connectivity index (χ0n) is 12.1. The standard InChI is InChI=1S/C16H23N3O/c1-11(2)14(9-17)16(20)18-8-7-12-10-19-15-6-4-3-5-13(12)15/h3-6,10-11,14,19H,7-9,17H2,1-2H3,(H,18,20). The number of benzene rings is 1. The summed E-state index contributed by atoms with van der Waals surface area (Å²) in [6.45, 7) is 5.09. The van der Waals surface area contributed by atoms with Gasteiger partial charge in [0.2, 0.25) is 5.91 Å². The second kappa shape index (κ2) is 6.57. The summed E-state index contributed by atoms with van der Waals surface area (Å²) in [5.41, 5.74) is 8.02. The molecule has 1 aromatic carbocycles. The van der Waals surface area contributed by atoms with Gasteiger partial charge in [-0.2, -0.15) is 0 Å². The van der Waals surface area contributed by atoms with E-state index in [4.69, 9.17) is 5.73 Å². The van der Waals surface area contributed by atoms with Gasteiger partial charge in [-0.1, -0.05) is 32.0 Å². The van der Waals surface area contributed by atoms with Crippen LogP contribution < -0.4 is 11.1 Å². The summed E-state index contributed by atoms with van der Waals surface area (Å²) in [6, 6.07) is 8.20. The quantitative estimate of drug-likeness (QED) is 0.754. The summed E-state index contributed by atoms with van der Waals surface area (Å²) in [4.78, 5) is 15.3. The number of nitrogens with two attached hydrogens (primary N) is 1. The molecule has 2 aromatic rings. The molecule has 1 aromatic heterocycles. The largest absolute Gasteiger partial charge is 0.361 e. The molecule has 0 radical (unpaired) electrons. The Balaban J connectivity index is 1.91. The van der Waals surface area contributed by atoms with Gasteiger partial charge < -0.3 is 16.0 Å². The molecule has 1 unspecified atom stereocenters. The van der Waals surface area contributed by atoms with Gasteiger partial charge in [-0.05, 0) is 24.0 Å². The summed E-state index contributed by atoms with van der Waals surface area (Å²) < 4.78 is 0. The average molecular weight is 273 g/mol. The van der Waals surface area contributed by atoms with E-state index in [0.29, 0.717) is 13.1 Å². The van der Waals surface area contributed by atoms with Crippen molar-refractivity contribution < 1.29 is 4.79 Å². The highest BCUT2D eigenvalue weighted by Crippen LogP contribution is 2.17. The van der Waals surface area contributed by atoms with Gasteiger partial charge in [0.15, 0.2) is 0 Å². The normalized spacial score (nSPS) is 12.8. The first-order valence-corrected chi connectivity index (χ1v) is 7.16. The van der Waals surface area contributed by atoms with Gasteiger partial charge in [0.25, 0.3) is 0 Å². The fraction of sp³-hybridized carbons (Fsp3) is 0.438. The van der Waals surface area contributed by atoms with Crippen LogP contribution in [0.2, 0.25) is 0 Å². The monoisotopic (exact) mass is 273 g/mol. The maximum absolute atomic E-state index is 12.0. The van der Waals surface area contributed by atoms with Crippen LogP contribution in [0.4, 0.5) is 0 Å². The van der Waals surface area contributed by atoms with E-state index in [-0.39, 0.29) is 17.7 Å². The van der Waals surface area contributed by atoms with Gasteiger partial charge in [0.05, 0.1) is 5.92 Å². The van der Waals surface area contributed by atoms with Gasteiger partial charge in [-0.15, -0.1) is 0 Å². The number of para-hydroxylation sites is 1. The fourth-order valence-corrected chi connectivity index (χ4v) is 2.47. The van der Waals surface area contributed by atoms with Gasteiger partial charge in [-0.3, -0.25) is 4.79 Å². The van der Waals surface area contributed by atoms with Gasteiger partial charge >= 0.3 is 0 Å². The minimum atomic E-state index is -0.0991. The molecule has 1 atom stereocenters. The fourth-order valence-electron chi connectivity index (χ4n) is 2.47. The molecule has 0 saturated carbocycles. The maximum atomic E-state index is 12.0. The molecule has 20 heavy (non-hydrogen) atoms. The van der Waals surface area contributed by atoms with Crippen molar-refractivity contribution in [3.8, 4) is 0 Å². The number of amides is 1. The Hall–Kier alpha value is -1.81. The molecule has 0 aliphatic heterocycles. The Bertz CT molecular complexity index is 574. The van der Waals surface area contributed by atoms with E-state index >= 15 is 0 Å². The average Bonchev–Trinajstić information content (AvgIpc) is 2.83. The van der Waals surface area contributed by atoms with Crippen LogP contribution in [0.15, 0.2) is 30.5 Å². The number of rotatable bonds is 6. The van der Waals surface area contributed by atoms with Crippen molar-refractivity contribution in [1.82, 2.24) is 10.3 Å². The van der Waals surface area contributed by atoms with Crippen molar-refractivity contribution in [2.45, 2.75) is 20.3 Å². The number of carbonyl (C=O) groups excluding carboxylic acids is 1. The molecule has 4 heteroatoms. The third-order valence-electron chi connectivity index (χ3n) is 3.76. The Labute approximate surface area is 119 Å². The number of hydrogen-bond donors (Lipinski definition) is 3. The number of aromatic nitrogens is 1. The summed E-state index contributed by atoms with van der Waals surface area (Å²) in [6.07, 6.45) is 2.84. The van der Waals surface area contributed by atoms with Crippen molar-refractivity contribution in [3.05, 3.63) is 36.0 Å². The molecular formula is C16H23N3O. The van der Waals surface area contributed by atoms with Crippen LogP contribution in [0.3, 0.4) is 0 Å². The van der Waals surface area contributed by atoms with E-state index in [2.05, 4.69) is 22.4 Å². The third kappa shape index (κ3) is 3.20. The topological polar surface area (TPSA) is 70.9 Å². The number of fused-ring (bicyclic) bond motifs is 1. The second-order valence-corrected chi connectivity index (χ2v) is 5.49. The van der Waals surface area contributed by atoms with E-state index in [1.807, 2.05) is 32.2 Å². The Morgan fingerprint density at radius 2 is 2.10 bits per heavy atom. The van der Waals surface area contributed by atoms with Crippen molar-refractivity contribution in [3.63, 3.8) is 0 Å². The molecule has 0 aliphatic rings. The van der Waals surface area contributed by atoms with Crippen LogP contribution in [0, 0.1) is 11.8 Å². The zero-order chi connectivity index (χ0) is 14.5. The first kappa shape index (κ1) is 14.6. The van der Waals surface area contributed by atoms with Crippen molar-refractivity contribution >= 4 is 16.8 Å². The van der Waals surface area contributed by atoms with Crippen LogP contribution in [0.25, 0.3) is 10.9 Å². The molecule has 4 N–H and O–H groups in total. The lowest BCUT2D eigenvalue weighted by Gasteiger charge is -2.18. The number of hydrogen-bond acceptors (Lipinski definition) is 2. The number of nitrogens with one attached hydrogen (secondary N) is 2. The third-order valence-corrected chi connectivity index (χ3v) is 3.76. The van der Waals surface area contributed by atoms with Crippen molar-refractivity contribution in [2.24, 2.45) is 17.6 Å². The number of aromatic amines is 1. The Morgan fingerprint density at radius 1 is 1.35 bits per heavy atom. The van der Waals surface area contributed by atoms with Crippen LogP contribution in [0.1, 0.15) is 19.4 Å². The van der Waals surface area contributed by atoms with Crippen molar-refractivity contribution in [1.29, 1.82) is 0 Å². The van der Waals surface area contributed by atoms with E-state index in [1.165, 1.54) is 10.9 Å². The molecule has 4 nitrogen and oxygen atoms in total. The van der Waals surface area contributed by atoms with Gasteiger partial charge in [0.1, 0.15) is 0 Å². The molecule has 1 amide bonds. The molecule has 0 aliphatic carbocycles. The van der Waals surface area contributed by atoms with E-state index in [0.717, 1.165) is 11.9 Å². The van der Waals surface area contributed by atoms with E-state index < -0.39 is 0 Å². The van der Waals surface area contributed by atoms with E-state index in [1.54, 1.807) is 0 Å². The predicted molar refractivity (Wildman–Crippen MR) is 82.4 cm³/mol. The molecule has 2 rings (SSSR count). The van der Waals surface area contributed by atoms with Crippen LogP contribution in [-0.4, -0.2) is 24.0 Å². The lowest BCUT2D eigenvalue weighted by atomic mass is 9.95. The van der Waals surface area contributed by atoms with Gasteiger partial charge in [0, 0.05) is 30.2 Å². The van der Waals surface area contributed by atoms with E-state index in [9.17, 15) is 4.79 Å². The van der Waals surface area contributed by atoms with Crippen LogP contribution in [0.5, 0.6) is 0 Å². The minimum Gasteiger partial charge on any atom is -0.361 e. The lowest BCUT2D eigenvalue weighted by molar-refractivity contribution is -0.125. The molecule has 0 spiro atoms. The molecule has 0 saturated heterocycles. The highest BCUT2D eigenvalue weighted by Gasteiger charge is 2.19. The summed E-state index contributed by atoms with van der Waals surface area (Å²) in [7, 11) is 0. The molecule has 1 heterocycles. The Kier molecular flexibility index (Phi) is 4.79. The molecule has 0 fully saturated rings. The van der Waals surface area contributed by atoms with Crippen LogP contribution in [-0.2, 0) is 11.2 Å². The Morgan fingerprint density at radius 3 is 2.80 bits per heavy atom. The predicted octanol–water partition coefficient (Wildman–Crippen LogP) is 2.06. The summed E-state index contributed by atoms with van der Waals surface area (Å²) in [5.74, 6) is 0.230. The minimum absolute atomic E-state index is 0.0577. The first-order chi connectivity index (χ1) is 9.63.